The molecule has 2 aromatic carbocycles. The number of ether oxygens (including phenoxy) is 2. The molecule has 0 radical (unpaired) electrons. The Kier molecular flexibility index (Phi) is 4.81. The van der Waals surface area contributed by atoms with Crippen molar-refractivity contribution < 1.29 is 22.7 Å². The van der Waals surface area contributed by atoms with Gasteiger partial charge in [-0.15, -0.1) is 0 Å². The molecule has 0 saturated heterocycles. The molecule has 0 aliphatic carbocycles. The van der Waals surface area contributed by atoms with Gasteiger partial charge in [-0.2, -0.15) is 0 Å². The van der Waals surface area contributed by atoms with Crippen molar-refractivity contribution in [1.82, 2.24) is 0 Å². The Balaban J connectivity index is 2.13. The molecule has 3 rings (SSSR count). The van der Waals surface area contributed by atoms with E-state index in [1.807, 2.05) is 0 Å². The number of para-hydroxylation sites is 2. The maximum Gasteiger partial charge on any atom is 0.348 e. The van der Waals surface area contributed by atoms with Crippen molar-refractivity contribution in [2.75, 3.05) is 18.0 Å². The van der Waals surface area contributed by atoms with Gasteiger partial charge in [0, 0.05) is 5.02 Å². The predicted octanol–water partition coefficient (Wildman–Crippen LogP) is 3.12. The van der Waals surface area contributed by atoms with Crippen molar-refractivity contribution in [2.24, 2.45) is 0 Å². The van der Waals surface area contributed by atoms with Crippen LogP contribution >= 0.6 is 23.2 Å². The van der Waals surface area contributed by atoms with E-state index >= 15 is 0 Å². The highest BCUT2D eigenvalue weighted by molar-refractivity contribution is 7.93. The number of carbonyl (C=O) groups is 1. The minimum absolute atomic E-state index is 0.0305. The monoisotopic (exact) mass is 401 g/mol. The normalized spacial score (nSPS) is 16.8. The summed E-state index contributed by atoms with van der Waals surface area (Å²) in [5.74, 6) is -0.419. The molecule has 0 spiro atoms. The van der Waals surface area contributed by atoms with Gasteiger partial charge in [-0.3, -0.25) is 4.31 Å². The van der Waals surface area contributed by atoms with E-state index in [0.29, 0.717) is 5.69 Å². The van der Waals surface area contributed by atoms with Crippen LogP contribution in [0, 0.1) is 0 Å². The number of hydrogen-bond donors (Lipinski definition) is 0. The SMILES string of the molecule is COC(=O)[C@H]1CN(S(=O)(=O)c2cc(Cl)ccc2Cl)c2ccccc2O1. The fourth-order valence-corrected chi connectivity index (χ4v) is 4.69. The van der Waals surface area contributed by atoms with Gasteiger partial charge in [0.1, 0.15) is 10.6 Å². The molecule has 1 aliphatic heterocycles. The Morgan fingerprint density at radius 3 is 2.68 bits per heavy atom. The zero-order valence-corrected chi connectivity index (χ0v) is 15.3. The van der Waals surface area contributed by atoms with Crippen LogP contribution in [-0.2, 0) is 19.6 Å². The maximum absolute atomic E-state index is 13.2. The lowest BCUT2D eigenvalue weighted by Crippen LogP contribution is -2.47. The Morgan fingerprint density at radius 1 is 1.24 bits per heavy atom. The summed E-state index contributed by atoms with van der Waals surface area (Å²) in [4.78, 5) is 11.7. The minimum atomic E-state index is -4.07. The van der Waals surface area contributed by atoms with Crippen LogP contribution in [0.25, 0.3) is 0 Å². The second-order valence-corrected chi connectivity index (χ2v) is 7.88. The summed E-state index contributed by atoms with van der Waals surface area (Å²) >= 11 is 12.0. The molecule has 25 heavy (non-hydrogen) atoms. The van der Waals surface area contributed by atoms with Crippen molar-refractivity contribution in [3.63, 3.8) is 0 Å². The van der Waals surface area contributed by atoms with Crippen LogP contribution in [-0.4, -0.2) is 34.1 Å². The largest absolute Gasteiger partial charge is 0.475 e. The number of methoxy groups -OCH3 is 1. The van der Waals surface area contributed by atoms with Gasteiger partial charge in [0.2, 0.25) is 6.10 Å². The highest BCUT2D eigenvalue weighted by atomic mass is 35.5. The molecule has 0 amide bonds. The van der Waals surface area contributed by atoms with E-state index in [4.69, 9.17) is 27.9 Å². The summed E-state index contributed by atoms with van der Waals surface area (Å²) in [5.41, 5.74) is 0.304. The number of fused-ring (bicyclic) bond motifs is 1. The number of halogens is 2. The molecule has 0 aromatic heterocycles. The summed E-state index contributed by atoms with van der Waals surface area (Å²) in [7, 11) is -2.87. The first-order valence-corrected chi connectivity index (χ1v) is 9.35. The molecular formula is C16H13Cl2NO5S. The van der Waals surface area contributed by atoms with Crippen molar-refractivity contribution in [3.05, 3.63) is 52.5 Å². The maximum atomic E-state index is 13.2. The van der Waals surface area contributed by atoms with Gasteiger partial charge in [0.25, 0.3) is 10.0 Å². The number of hydrogen-bond acceptors (Lipinski definition) is 5. The summed E-state index contributed by atoms with van der Waals surface area (Å²) in [6, 6.07) is 10.7. The zero-order valence-electron chi connectivity index (χ0n) is 13.0. The quantitative estimate of drug-likeness (QED) is 0.738. The van der Waals surface area contributed by atoms with E-state index in [9.17, 15) is 13.2 Å². The molecule has 0 N–H and O–H groups in total. The number of benzene rings is 2. The average Bonchev–Trinajstić information content (AvgIpc) is 2.61. The van der Waals surface area contributed by atoms with Gasteiger partial charge < -0.3 is 9.47 Å². The minimum Gasteiger partial charge on any atom is -0.475 e. The molecule has 132 valence electrons. The summed E-state index contributed by atoms with van der Waals surface area (Å²) in [6.45, 7) is -0.241. The lowest BCUT2D eigenvalue weighted by molar-refractivity contribution is -0.148. The number of anilines is 1. The fraction of sp³-hybridized carbons (Fsp3) is 0.188. The van der Waals surface area contributed by atoms with E-state index in [1.165, 1.54) is 25.3 Å². The highest BCUT2D eigenvalue weighted by Gasteiger charge is 2.38. The number of esters is 1. The van der Waals surface area contributed by atoms with Crippen LogP contribution in [0.5, 0.6) is 5.75 Å². The number of nitrogens with zero attached hydrogens (tertiary/aromatic N) is 1. The van der Waals surface area contributed by atoms with Gasteiger partial charge in [0.05, 0.1) is 24.4 Å². The lowest BCUT2D eigenvalue weighted by Gasteiger charge is -2.34. The van der Waals surface area contributed by atoms with Gasteiger partial charge in [-0.25, -0.2) is 13.2 Å². The molecule has 1 heterocycles. The molecule has 0 unspecified atom stereocenters. The van der Waals surface area contributed by atoms with Gasteiger partial charge in [-0.05, 0) is 30.3 Å². The molecule has 0 saturated carbocycles. The molecule has 0 fully saturated rings. The van der Waals surface area contributed by atoms with E-state index < -0.39 is 22.1 Å². The predicted molar refractivity (Wildman–Crippen MR) is 93.9 cm³/mol. The topological polar surface area (TPSA) is 72.9 Å². The molecule has 6 nitrogen and oxygen atoms in total. The van der Waals surface area contributed by atoms with E-state index in [2.05, 4.69) is 4.74 Å². The first-order chi connectivity index (χ1) is 11.8. The smallest absolute Gasteiger partial charge is 0.348 e. The Hall–Kier alpha value is -1.96. The Labute approximate surface area is 154 Å². The van der Waals surface area contributed by atoms with Gasteiger partial charge in [0.15, 0.2) is 0 Å². The van der Waals surface area contributed by atoms with Crippen molar-refractivity contribution in [3.8, 4) is 5.75 Å². The first-order valence-electron chi connectivity index (χ1n) is 7.16. The van der Waals surface area contributed by atoms with Crippen molar-refractivity contribution >= 4 is 44.9 Å². The molecule has 1 aliphatic rings. The highest BCUT2D eigenvalue weighted by Crippen LogP contribution is 2.38. The van der Waals surface area contributed by atoms with Gasteiger partial charge >= 0.3 is 5.97 Å². The fourth-order valence-electron chi connectivity index (χ4n) is 2.48. The number of rotatable bonds is 3. The lowest BCUT2D eigenvalue weighted by atomic mass is 10.2. The summed E-state index contributed by atoms with van der Waals surface area (Å²) in [6.07, 6.45) is -1.09. The number of carbonyl (C=O) groups excluding carboxylic acids is 1. The Morgan fingerprint density at radius 2 is 1.96 bits per heavy atom. The first kappa shape index (κ1) is 17.8. The van der Waals surface area contributed by atoms with Crippen LogP contribution in [0.4, 0.5) is 5.69 Å². The van der Waals surface area contributed by atoms with Crippen LogP contribution in [0.3, 0.4) is 0 Å². The summed E-state index contributed by atoms with van der Waals surface area (Å²) in [5, 5.41) is 0.261. The van der Waals surface area contributed by atoms with Crippen molar-refractivity contribution in [1.29, 1.82) is 0 Å². The third-order valence-corrected chi connectivity index (χ3v) is 6.16. The van der Waals surface area contributed by atoms with Crippen LogP contribution in [0.1, 0.15) is 0 Å². The second-order valence-electron chi connectivity index (χ2n) is 5.21. The molecule has 2 aromatic rings. The van der Waals surface area contributed by atoms with Crippen LogP contribution < -0.4 is 9.04 Å². The standard InChI is InChI=1S/C16H13Cl2NO5S/c1-23-16(20)14-9-19(12-4-2-3-5-13(12)24-14)25(21,22)15-8-10(17)6-7-11(15)18/h2-8,14H,9H2,1H3/t14-/m1/s1. The summed E-state index contributed by atoms with van der Waals surface area (Å²) < 4.78 is 37.6. The zero-order chi connectivity index (χ0) is 18.2. The third kappa shape index (κ3) is 3.27. The third-order valence-electron chi connectivity index (χ3n) is 3.66. The molecule has 1 atom stereocenters. The number of sulfonamides is 1. The van der Waals surface area contributed by atoms with Crippen LogP contribution in [0.2, 0.25) is 10.0 Å². The van der Waals surface area contributed by atoms with E-state index in [0.717, 1.165) is 4.31 Å². The molecular weight excluding hydrogens is 389 g/mol. The molecule has 9 heteroatoms. The van der Waals surface area contributed by atoms with Crippen LogP contribution in [0.15, 0.2) is 47.4 Å². The van der Waals surface area contributed by atoms with Crippen molar-refractivity contribution in [2.45, 2.75) is 11.0 Å². The average molecular weight is 402 g/mol. The van der Waals surface area contributed by atoms with E-state index in [1.54, 1.807) is 24.3 Å². The Bertz CT molecular complexity index is 932. The van der Waals surface area contributed by atoms with Gasteiger partial charge in [-0.1, -0.05) is 35.3 Å². The second kappa shape index (κ2) is 6.74. The van der Waals surface area contributed by atoms with E-state index in [-0.39, 0.29) is 27.2 Å². The molecule has 0 bridgehead atoms.